The van der Waals surface area contributed by atoms with Crippen molar-refractivity contribution in [3.8, 4) is 11.5 Å². The van der Waals surface area contributed by atoms with E-state index < -0.39 is 0 Å². The van der Waals surface area contributed by atoms with Gasteiger partial charge in [-0.2, -0.15) is 15.0 Å². The van der Waals surface area contributed by atoms with E-state index in [1.807, 2.05) is 19.0 Å². The summed E-state index contributed by atoms with van der Waals surface area (Å²) >= 11 is 0. The second kappa shape index (κ2) is 9.02. The van der Waals surface area contributed by atoms with Gasteiger partial charge in [0.15, 0.2) is 17.3 Å². The zero-order valence-electron chi connectivity index (χ0n) is 17.3. The molecule has 2 amide bonds. The minimum atomic E-state index is -0.349. The van der Waals surface area contributed by atoms with E-state index in [1.165, 1.54) is 6.42 Å². The molecular weight excluding hydrogens is 386 g/mol. The van der Waals surface area contributed by atoms with Crippen LogP contribution in [0.5, 0.6) is 11.5 Å². The number of nitrogens with one attached hydrogen (secondary N) is 2. The van der Waals surface area contributed by atoms with Gasteiger partial charge in [-0.05, 0) is 31.4 Å². The smallest absolute Gasteiger partial charge is 0.319 e. The van der Waals surface area contributed by atoms with Gasteiger partial charge in [0.25, 0.3) is 0 Å². The summed E-state index contributed by atoms with van der Waals surface area (Å²) in [4.78, 5) is 30.0. The fourth-order valence-corrected chi connectivity index (χ4v) is 3.37. The Hall–Kier alpha value is -3.30. The van der Waals surface area contributed by atoms with Crippen LogP contribution in [0.3, 0.4) is 0 Å². The highest BCUT2D eigenvalue weighted by molar-refractivity contribution is 5.89. The van der Waals surface area contributed by atoms with E-state index in [1.54, 1.807) is 18.2 Å². The van der Waals surface area contributed by atoms with Crippen LogP contribution in [0.4, 0.5) is 22.4 Å². The van der Waals surface area contributed by atoms with Gasteiger partial charge in [0.05, 0.1) is 6.54 Å². The fraction of sp³-hybridized carbons (Fsp3) is 0.500. The van der Waals surface area contributed by atoms with E-state index in [0.717, 1.165) is 25.9 Å². The molecule has 0 saturated carbocycles. The molecule has 0 spiro atoms. The van der Waals surface area contributed by atoms with Gasteiger partial charge in [-0.1, -0.05) is 0 Å². The largest absolute Gasteiger partial charge is 0.486 e. The third kappa shape index (κ3) is 4.81. The number of piperidine rings is 1. The van der Waals surface area contributed by atoms with Crippen molar-refractivity contribution in [2.75, 3.05) is 55.5 Å². The monoisotopic (exact) mass is 413 g/mol. The summed E-state index contributed by atoms with van der Waals surface area (Å²) in [5.74, 6) is 3.07. The summed E-state index contributed by atoms with van der Waals surface area (Å²) < 4.78 is 11.0. The molecule has 4 rings (SSSR count). The molecule has 160 valence electrons. The molecule has 2 aromatic rings. The minimum absolute atomic E-state index is 0.195. The molecule has 0 unspecified atom stereocenters. The first-order valence-electron chi connectivity index (χ1n) is 10.2. The Morgan fingerprint density at radius 1 is 1.07 bits per heavy atom. The quantitative estimate of drug-likeness (QED) is 0.767. The average molecular weight is 413 g/mol. The molecule has 10 heteroatoms. The number of benzene rings is 1. The molecule has 1 fully saturated rings. The fourth-order valence-electron chi connectivity index (χ4n) is 3.37. The highest BCUT2D eigenvalue weighted by atomic mass is 16.6. The van der Waals surface area contributed by atoms with Crippen molar-refractivity contribution in [3.63, 3.8) is 0 Å². The van der Waals surface area contributed by atoms with E-state index >= 15 is 0 Å². The van der Waals surface area contributed by atoms with Crippen LogP contribution >= 0.6 is 0 Å². The molecule has 0 aliphatic carbocycles. The normalized spacial score (nSPS) is 15.5. The van der Waals surface area contributed by atoms with Crippen molar-refractivity contribution in [2.45, 2.75) is 25.8 Å². The molecule has 3 heterocycles. The minimum Gasteiger partial charge on any atom is -0.486 e. The number of anilines is 3. The number of carbonyl (C=O) groups is 1. The van der Waals surface area contributed by atoms with E-state index in [2.05, 4.69) is 30.5 Å². The van der Waals surface area contributed by atoms with Crippen molar-refractivity contribution in [1.82, 2.24) is 20.3 Å². The zero-order valence-corrected chi connectivity index (χ0v) is 17.3. The number of aromatic nitrogens is 3. The van der Waals surface area contributed by atoms with Gasteiger partial charge in [0.2, 0.25) is 11.9 Å². The van der Waals surface area contributed by atoms with Crippen molar-refractivity contribution in [1.29, 1.82) is 0 Å². The molecule has 1 aromatic carbocycles. The Morgan fingerprint density at radius 2 is 1.83 bits per heavy atom. The summed E-state index contributed by atoms with van der Waals surface area (Å²) in [6, 6.07) is 4.95. The first-order valence-corrected chi connectivity index (χ1v) is 10.2. The number of urea groups is 1. The van der Waals surface area contributed by atoms with E-state index in [9.17, 15) is 4.79 Å². The number of hydrogen-bond donors (Lipinski definition) is 2. The molecule has 1 saturated heterocycles. The second-order valence-corrected chi connectivity index (χ2v) is 7.46. The lowest BCUT2D eigenvalue weighted by molar-refractivity contribution is 0.171. The van der Waals surface area contributed by atoms with Gasteiger partial charge in [-0.25, -0.2) is 4.79 Å². The highest BCUT2D eigenvalue weighted by Gasteiger charge is 2.17. The summed E-state index contributed by atoms with van der Waals surface area (Å²) in [6.07, 6.45) is 3.50. The first-order chi connectivity index (χ1) is 14.6. The maximum atomic E-state index is 12.4. The lowest BCUT2D eigenvalue weighted by atomic mass is 10.1. The van der Waals surface area contributed by atoms with E-state index in [0.29, 0.717) is 48.1 Å². The van der Waals surface area contributed by atoms with E-state index in [-0.39, 0.29) is 12.6 Å². The number of fused-ring (bicyclic) bond motifs is 1. The molecule has 0 bridgehead atoms. The third-order valence-corrected chi connectivity index (χ3v) is 4.90. The number of carbonyl (C=O) groups excluding carboxylic acids is 1. The average Bonchev–Trinajstić information content (AvgIpc) is 2.78. The van der Waals surface area contributed by atoms with Crippen molar-refractivity contribution < 1.29 is 14.3 Å². The molecule has 0 atom stereocenters. The Balaban J connectivity index is 1.41. The molecule has 30 heavy (non-hydrogen) atoms. The Kier molecular flexibility index (Phi) is 6.01. The summed E-state index contributed by atoms with van der Waals surface area (Å²) in [5.41, 5.74) is 0.621. The first kappa shape index (κ1) is 20.0. The van der Waals surface area contributed by atoms with Gasteiger partial charge in [-0.3, -0.25) is 0 Å². The Labute approximate surface area is 175 Å². The predicted molar refractivity (Wildman–Crippen MR) is 114 cm³/mol. The van der Waals surface area contributed by atoms with Gasteiger partial charge in [0, 0.05) is 38.9 Å². The molecular formula is C20H27N7O3. The molecule has 10 nitrogen and oxygen atoms in total. The maximum Gasteiger partial charge on any atom is 0.319 e. The molecule has 0 radical (unpaired) electrons. The van der Waals surface area contributed by atoms with Crippen LogP contribution in [0, 0.1) is 0 Å². The standard InChI is InChI=1S/C20H27N7O3/c1-26(2)18-23-17(24-19(25-18)27-8-4-3-5-9-27)13-21-20(28)22-14-6-7-15-16(12-14)30-11-10-29-15/h6-7,12H,3-5,8-11,13H2,1-2H3,(H2,21,22,28). The van der Waals surface area contributed by atoms with Gasteiger partial charge in [0.1, 0.15) is 13.2 Å². The van der Waals surface area contributed by atoms with Crippen LogP contribution in [-0.2, 0) is 6.54 Å². The van der Waals surface area contributed by atoms with Crippen LogP contribution in [-0.4, -0.2) is 61.4 Å². The number of rotatable bonds is 5. The molecule has 2 aliphatic rings. The zero-order chi connectivity index (χ0) is 20.9. The highest BCUT2D eigenvalue weighted by Crippen LogP contribution is 2.32. The predicted octanol–water partition coefficient (Wildman–Crippen LogP) is 2.02. The maximum absolute atomic E-state index is 12.4. The van der Waals surface area contributed by atoms with E-state index in [4.69, 9.17) is 9.47 Å². The van der Waals surface area contributed by atoms with Crippen LogP contribution in [0.2, 0.25) is 0 Å². The van der Waals surface area contributed by atoms with Gasteiger partial charge >= 0.3 is 6.03 Å². The topological polar surface area (TPSA) is 105 Å². The van der Waals surface area contributed by atoms with Crippen LogP contribution in [0.15, 0.2) is 18.2 Å². The number of nitrogens with zero attached hydrogens (tertiary/aromatic N) is 5. The summed E-state index contributed by atoms with van der Waals surface area (Å²) in [7, 11) is 3.78. The number of amides is 2. The van der Waals surface area contributed by atoms with Crippen molar-refractivity contribution >= 4 is 23.6 Å². The Bertz CT molecular complexity index is 900. The van der Waals surface area contributed by atoms with Crippen LogP contribution in [0.25, 0.3) is 0 Å². The third-order valence-electron chi connectivity index (χ3n) is 4.90. The second-order valence-electron chi connectivity index (χ2n) is 7.46. The SMILES string of the molecule is CN(C)c1nc(CNC(=O)Nc2ccc3c(c2)OCCO3)nc(N2CCCCC2)n1. The molecule has 1 aromatic heterocycles. The van der Waals surface area contributed by atoms with Crippen LogP contribution < -0.4 is 29.9 Å². The van der Waals surface area contributed by atoms with Gasteiger partial charge < -0.3 is 29.9 Å². The van der Waals surface area contributed by atoms with Crippen LogP contribution in [0.1, 0.15) is 25.1 Å². The number of hydrogen-bond acceptors (Lipinski definition) is 8. The Morgan fingerprint density at radius 3 is 2.60 bits per heavy atom. The summed E-state index contributed by atoms with van der Waals surface area (Å²) in [6.45, 7) is 3.10. The lowest BCUT2D eigenvalue weighted by Gasteiger charge is -2.27. The number of ether oxygens (including phenoxy) is 2. The molecule has 2 aliphatic heterocycles. The lowest BCUT2D eigenvalue weighted by Crippen LogP contribution is -2.33. The van der Waals surface area contributed by atoms with Crippen molar-refractivity contribution in [3.05, 3.63) is 24.0 Å². The van der Waals surface area contributed by atoms with Crippen molar-refractivity contribution in [2.24, 2.45) is 0 Å². The van der Waals surface area contributed by atoms with Gasteiger partial charge in [-0.15, -0.1) is 0 Å². The summed E-state index contributed by atoms with van der Waals surface area (Å²) in [5, 5.41) is 5.61. The molecule has 2 N–H and O–H groups in total.